The Balaban J connectivity index is 2.55. The van der Waals surface area contributed by atoms with E-state index in [-0.39, 0.29) is 0 Å². The maximum atomic E-state index is 5.99. The van der Waals surface area contributed by atoms with Gasteiger partial charge in [0.25, 0.3) is 0 Å². The molecule has 1 rings (SSSR count). The molecule has 0 aliphatic heterocycles. The van der Waals surface area contributed by atoms with Crippen molar-refractivity contribution >= 4 is 0 Å². The first-order valence-corrected chi connectivity index (χ1v) is 7.85. The van der Waals surface area contributed by atoms with Crippen LogP contribution in [0.5, 0.6) is 11.5 Å². The number of ether oxygens (including phenoxy) is 2. The molecule has 0 heterocycles. The second kappa shape index (κ2) is 10.6. The van der Waals surface area contributed by atoms with Gasteiger partial charge >= 0.3 is 0 Å². The van der Waals surface area contributed by atoms with Gasteiger partial charge in [-0.2, -0.15) is 0 Å². The van der Waals surface area contributed by atoms with Gasteiger partial charge in [-0.1, -0.05) is 44.7 Å². The van der Waals surface area contributed by atoms with Gasteiger partial charge in [0.1, 0.15) is 0 Å². The van der Waals surface area contributed by atoms with Crippen LogP contribution in [0.1, 0.15) is 51.5 Å². The molecule has 0 aromatic heterocycles. The smallest absolute Gasteiger partial charge is 0.165 e. The molecule has 114 valence electrons. The lowest BCUT2D eigenvalue weighted by Gasteiger charge is -2.15. The molecule has 3 nitrogen and oxygen atoms in total. The second-order valence-corrected chi connectivity index (χ2v) is 4.97. The van der Waals surface area contributed by atoms with Crippen LogP contribution in [0.4, 0.5) is 0 Å². The van der Waals surface area contributed by atoms with Gasteiger partial charge in [0, 0.05) is 12.1 Å². The third kappa shape index (κ3) is 5.83. The van der Waals surface area contributed by atoms with Gasteiger partial charge in [0.2, 0.25) is 0 Å². The number of benzene rings is 1. The molecular weight excluding hydrogens is 250 g/mol. The van der Waals surface area contributed by atoms with E-state index in [0.29, 0.717) is 6.61 Å². The Morgan fingerprint density at radius 3 is 2.50 bits per heavy atom. The van der Waals surface area contributed by atoms with Gasteiger partial charge in [-0.3, -0.25) is 0 Å². The number of rotatable bonds is 11. The van der Waals surface area contributed by atoms with E-state index in [1.165, 1.54) is 25.7 Å². The Morgan fingerprint density at radius 2 is 1.80 bits per heavy atom. The van der Waals surface area contributed by atoms with E-state index in [1.54, 1.807) is 0 Å². The van der Waals surface area contributed by atoms with Crippen LogP contribution < -0.4 is 14.8 Å². The van der Waals surface area contributed by atoms with E-state index in [0.717, 1.165) is 36.6 Å². The lowest BCUT2D eigenvalue weighted by molar-refractivity contribution is 0.267. The summed E-state index contributed by atoms with van der Waals surface area (Å²) in [7, 11) is 1.95. The van der Waals surface area contributed by atoms with Crippen LogP contribution in [-0.2, 0) is 6.54 Å². The monoisotopic (exact) mass is 279 g/mol. The molecule has 0 amide bonds. The zero-order valence-electron chi connectivity index (χ0n) is 13.2. The first-order chi connectivity index (χ1) is 9.83. The highest BCUT2D eigenvalue weighted by Gasteiger charge is 2.10. The molecule has 0 aliphatic carbocycles. The Kier molecular flexibility index (Phi) is 8.88. The van der Waals surface area contributed by atoms with Crippen molar-refractivity contribution in [2.75, 3.05) is 20.3 Å². The molecule has 0 atom stereocenters. The van der Waals surface area contributed by atoms with E-state index < -0.39 is 0 Å². The van der Waals surface area contributed by atoms with Gasteiger partial charge in [-0.25, -0.2) is 0 Å². The average molecular weight is 279 g/mol. The van der Waals surface area contributed by atoms with Crippen LogP contribution in [0, 0.1) is 0 Å². The lowest BCUT2D eigenvalue weighted by Crippen LogP contribution is -2.09. The van der Waals surface area contributed by atoms with Crippen molar-refractivity contribution in [1.29, 1.82) is 0 Å². The third-order valence-corrected chi connectivity index (χ3v) is 3.22. The normalized spacial score (nSPS) is 10.6. The van der Waals surface area contributed by atoms with Crippen molar-refractivity contribution < 1.29 is 9.47 Å². The minimum absolute atomic E-state index is 0.663. The molecular formula is C17H29NO2. The number of nitrogens with one attached hydrogen (secondary N) is 1. The predicted octanol–water partition coefficient (Wildman–Crippen LogP) is 4.15. The maximum Gasteiger partial charge on any atom is 0.165 e. The quantitative estimate of drug-likeness (QED) is 0.617. The largest absolute Gasteiger partial charge is 0.490 e. The summed E-state index contributed by atoms with van der Waals surface area (Å²) >= 11 is 0. The summed E-state index contributed by atoms with van der Waals surface area (Å²) in [6.07, 6.45) is 6.25. The van der Waals surface area contributed by atoms with E-state index in [9.17, 15) is 0 Å². The Hall–Kier alpha value is -1.22. The van der Waals surface area contributed by atoms with Crippen molar-refractivity contribution in [3.05, 3.63) is 23.8 Å². The molecule has 0 bridgehead atoms. The fourth-order valence-corrected chi connectivity index (χ4v) is 2.20. The van der Waals surface area contributed by atoms with Crippen LogP contribution in [0.3, 0.4) is 0 Å². The predicted molar refractivity (Wildman–Crippen MR) is 84.6 cm³/mol. The molecule has 0 fully saturated rings. The first-order valence-electron chi connectivity index (χ1n) is 7.85. The van der Waals surface area contributed by atoms with Crippen LogP contribution in [-0.4, -0.2) is 20.3 Å². The van der Waals surface area contributed by atoms with Crippen LogP contribution in [0.25, 0.3) is 0 Å². The summed E-state index contributed by atoms with van der Waals surface area (Å²) in [4.78, 5) is 0. The molecule has 1 aromatic rings. The van der Waals surface area contributed by atoms with Crippen molar-refractivity contribution in [1.82, 2.24) is 5.32 Å². The average Bonchev–Trinajstić information content (AvgIpc) is 2.45. The molecule has 3 heteroatoms. The van der Waals surface area contributed by atoms with Gasteiger partial charge in [0.15, 0.2) is 11.5 Å². The fraction of sp³-hybridized carbons (Fsp3) is 0.647. The Morgan fingerprint density at radius 1 is 1.00 bits per heavy atom. The summed E-state index contributed by atoms with van der Waals surface area (Å²) < 4.78 is 11.7. The molecule has 0 saturated heterocycles. The van der Waals surface area contributed by atoms with Crippen molar-refractivity contribution in [2.24, 2.45) is 0 Å². The Bertz CT molecular complexity index is 342. The summed E-state index contributed by atoms with van der Waals surface area (Å²) in [5.74, 6) is 1.76. The van der Waals surface area contributed by atoms with Crippen LogP contribution >= 0.6 is 0 Å². The minimum Gasteiger partial charge on any atom is -0.490 e. The topological polar surface area (TPSA) is 30.5 Å². The fourth-order valence-electron chi connectivity index (χ4n) is 2.20. The van der Waals surface area contributed by atoms with Crippen LogP contribution in [0.2, 0.25) is 0 Å². The molecule has 0 aliphatic rings. The summed E-state index contributed by atoms with van der Waals surface area (Å²) in [6.45, 7) is 6.46. The Labute approximate surface area is 123 Å². The maximum absolute atomic E-state index is 5.99. The standard InChI is InChI=1S/C17H29NO2/c1-4-6-7-8-9-13-20-17-15(14-18-3)11-10-12-16(17)19-5-2/h10-12,18H,4-9,13-14H2,1-3H3. The van der Waals surface area contributed by atoms with E-state index in [2.05, 4.69) is 18.3 Å². The van der Waals surface area contributed by atoms with Gasteiger partial charge in [-0.05, 0) is 26.5 Å². The van der Waals surface area contributed by atoms with Gasteiger partial charge in [-0.15, -0.1) is 0 Å². The number of hydrogen-bond acceptors (Lipinski definition) is 3. The van der Waals surface area contributed by atoms with E-state index in [4.69, 9.17) is 9.47 Å². The molecule has 1 N–H and O–H groups in total. The number of para-hydroxylation sites is 1. The molecule has 0 spiro atoms. The molecule has 0 unspecified atom stereocenters. The second-order valence-electron chi connectivity index (χ2n) is 4.97. The molecule has 20 heavy (non-hydrogen) atoms. The highest BCUT2D eigenvalue weighted by molar-refractivity contribution is 5.46. The van der Waals surface area contributed by atoms with Crippen LogP contribution in [0.15, 0.2) is 18.2 Å². The highest BCUT2D eigenvalue weighted by atomic mass is 16.5. The van der Waals surface area contributed by atoms with Gasteiger partial charge < -0.3 is 14.8 Å². The summed E-state index contributed by atoms with van der Waals surface area (Å²) in [5.41, 5.74) is 1.16. The summed E-state index contributed by atoms with van der Waals surface area (Å²) in [6, 6.07) is 6.09. The number of hydrogen-bond donors (Lipinski definition) is 1. The van der Waals surface area contributed by atoms with E-state index in [1.807, 2.05) is 26.1 Å². The van der Waals surface area contributed by atoms with Crippen molar-refractivity contribution in [3.8, 4) is 11.5 Å². The zero-order chi connectivity index (χ0) is 14.6. The van der Waals surface area contributed by atoms with Gasteiger partial charge in [0.05, 0.1) is 13.2 Å². The van der Waals surface area contributed by atoms with E-state index >= 15 is 0 Å². The minimum atomic E-state index is 0.663. The van der Waals surface area contributed by atoms with Crippen molar-refractivity contribution in [3.63, 3.8) is 0 Å². The molecule has 1 aromatic carbocycles. The first kappa shape index (κ1) is 16.8. The van der Waals surface area contributed by atoms with Crippen molar-refractivity contribution in [2.45, 2.75) is 52.5 Å². The molecule has 0 radical (unpaired) electrons. The summed E-state index contributed by atoms with van der Waals surface area (Å²) in [5, 5.41) is 3.18. The zero-order valence-corrected chi connectivity index (χ0v) is 13.2. The third-order valence-electron chi connectivity index (χ3n) is 3.22. The number of unbranched alkanes of at least 4 members (excludes halogenated alkanes) is 4. The molecule has 0 saturated carbocycles. The highest BCUT2D eigenvalue weighted by Crippen LogP contribution is 2.31. The lowest BCUT2D eigenvalue weighted by atomic mass is 10.1. The SMILES string of the molecule is CCCCCCCOc1c(CNC)cccc1OCC.